The van der Waals surface area contributed by atoms with Gasteiger partial charge < -0.3 is 24.7 Å². The largest absolute Gasteiger partial charge is 0.483 e. The number of aliphatic hydroxyl groups is 2. The molecule has 0 radical (unpaired) electrons. The molecule has 4 rings (SSSR count). The number of para-hydroxylation sites is 1. The van der Waals surface area contributed by atoms with Crippen LogP contribution in [0.1, 0.15) is 44.1 Å². The summed E-state index contributed by atoms with van der Waals surface area (Å²) in [5.41, 5.74) is 0.444. The van der Waals surface area contributed by atoms with E-state index in [1.165, 1.54) is 0 Å². The highest BCUT2D eigenvalue weighted by Gasteiger charge is 2.42. The van der Waals surface area contributed by atoms with Crippen molar-refractivity contribution in [3.8, 4) is 5.75 Å². The summed E-state index contributed by atoms with van der Waals surface area (Å²) in [4.78, 5) is 29.0. The Labute approximate surface area is 184 Å². The van der Waals surface area contributed by atoms with Gasteiger partial charge in [-0.25, -0.2) is 0 Å². The summed E-state index contributed by atoms with van der Waals surface area (Å²) < 4.78 is 5.76. The number of carbonyl (C=O) groups is 2. The number of benzene rings is 1. The number of hydrogen-bond donors (Lipinski definition) is 2. The van der Waals surface area contributed by atoms with Crippen LogP contribution in [0.4, 0.5) is 0 Å². The highest BCUT2D eigenvalue weighted by Crippen LogP contribution is 2.39. The molecule has 3 aliphatic rings. The second-order valence-corrected chi connectivity index (χ2v) is 9.64. The van der Waals surface area contributed by atoms with Gasteiger partial charge >= 0.3 is 0 Å². The minimum Gasteiger partial charge on any atom is -0.483 e. The Morgan fingerprint density at radius 2 is 1.84 bits per heavy atom. The first-order chi connectivity index (χ1) is 14.9. The summed E-state index contributed by atoms with van der Waals surface area (Å²) in [6, 6.07) is 7.32. The molecule has 7 heteroatoms. The van der Waals surface area contributed by atoms with E-state index in [1.54, 1.807) is 18.0 Å². The van der Waals surface area contributed by atoms with Gasteiger partial charge in [0.1, 0.15) is 5.75 Å². The number of rotatable bonds is 1. The first kappa shape index (κ1) is 22.1. The van der Waals surface area contributed by atoms with Crippen molar-refractivity contribution in [3.63, 3.8) is 0 Å². The molecule has 2 heterocycles. The van der Waals surface area contributed by atoms with E-state index in [0.717, 1.165) is 24.8 Å². The third-order valence-electron chi connectivity index (χ3n) is 7.43. The van der Waals surface area contributed by atoms with Crippen molar-refractivity contribution in [2.75, 3.05) is 33.3 Å². The van der Waals surface area contributed by atoms with Crippen molar-refractivity contribution < 1.29 is 24.5 Å². The topological polar surface area (TPSA) is 90.3 Å². The number of ether oxygens (including phenoxy) is 1. The fourth-order valence-corrected chi connectivity index (χ4v) is 5.14. The number of likely N-dealkylation sites (tertiary alicyclic amines) is 1. The van der Waals surface area contributed by atoms with Gasteiger partial charge in [-0.2, -0.15) is 0 Å². The van der Waals surface area contributed by atoms with E-state index < -0.39 is 12.2 Å². The summed E-state index contributed by atoms with van der Waals surface area (Å²) in [6.45, 7) is 1.69. The molecule has 0 aromatic heterocycles. The molecule has 2 N–H and O–H groups in total. The van der Waals surface area contributed by atoms with Crippen LogP contribution in [0.2, 0.25) is 0 Å². The average molecular weight is 431 g/mol. The number of fused-ring (bicyclic) bond motifs is 1. The van der Waals surface area contributed by atoms with Gasteiger partial charge in [-0.3, -0.25) is 9.59 Å². The molecule has 2 amide bonds. The van der Waals surface area contributed by atoms with Crippen LogP contribution in [0.5, 0.6) is 5.75 Å². The summed E-state index contributed by atoms with van der Waals surface area (Å²) >= 11 is 0. The smallest absolute Gasteiger partial charge is 0.260 e. The molecule has 1 spiro atoms. The lowest BCUT2D eigenvalue weighted by Gasteiger charge is -2.46. The molecule has 0 bridgehead atoms. The van der Waals surface area contributed by atoms with Crippen molar-refractivity contribution in [1.29, 1.82) is 0 Å². The minimum absolute atomic E-state index is 0.0610. The van der Waals surface area contributed by atoms with Crippen LogP contribution in [0.25, 0.3) is 0 Å². The molecule has 0 unspecified atom stereocenters. The molecule has 2 fully saturated rings. The Kier molecular flexibility index (Phi) is 6.53. The fraction of sp³-hybridized carbons (Fsp3) is 0.667. The van der Waals surface area contributed by atoms with Gasteiger partial charge in [0.25, 0.3) is 5.91 Å². The van der Waals surface area contributed by atoms with Crippen molar-refractivity contribution in [2.45, 2.75) is 57.2 Å². The SMILES string of the molecule is CN1CC2(CCN(C(=O)C3CCC3)CC2)C[C@@H](O)[C@@H](O)Cc2ccccc2OCC1=O. The number of carbonyl (C=O) groups excluding carboxylic acids is 2. The maximum atomic E-state index is 12.7. The molecule has 1 saturated carbocycles. The second-order valence-electron chi connectivity index (χ2n) is 9.64. The number of amides is 2. The summed E-state index contributed by atoms with van der Waals surface area (Å²) in [6.07, 6.45) is 3.38. The van der Waals surface area contributed by atoms with E-state index >= 15 is 0 Å². The Balaban J connectivity index is 1.51. The van der Waals surface area contributed by atoms with Crippen LogP contribution < -0.4 is 4.74 Å². The number of aliphatic hydroxyl groups excluding tert-OH is 2. The molecule has 1 aromatic carbocycles. The van der Waals surface area contributed by atoms with Crippen molar-refractivity contribution in [3.05, 3.63) is 29.8 Å². The normalized spacial score (nSPS) is 27.5. The molecule has 2 aliphatic heterocycles. The van der Waals surface area contributed by atoms with E-state index in [4.69, 9.17) is 4.74 Å². The van der Waals surface area contributed by atoms with Gasteiger partial charge in [-0.05, 0) is 49.1 Å². The van der Waals surface area contributed by atoms with Crippen LogP contribution in [-0.4, -0.2) is 77.3 Å². The first-order valence-electron chi connectivity index (χ1n) is 11.5. The quantitative estimate of drug-likeness (QED) is 0.706. The predicted molar refractivity (Wildman–Crippen MR) is 115 cm³/mol. The van der Waals surface area contributed by atoms with Crippen LogP contribution >= 0.6 is 0 Å². The lowest BCUT2D eigenvalue weighted by molar-refractivity contribution is -0.143. The summed E-state index contributed by atoms with van der Waals surface area (Å²) in [7, 11) is 1.76. The third kappa shape index (κ3) is 4.88. The molecule has 31 heavy (non-hydrogen) atoms. The number of piperidine rings is 1. The zero-order valence-electron chi connectivity index (χ0n) is 18.3. The highest BCUT2D eigenvalue weighted by atomic mass is 16.5. The fourth-order valence-electron chi connectivity index (χ4n) is 5.14. The van der Waals surface area contributed by atoms with Gasteiger partial charge in [0.05, 0.1) is 12.2 Å². The van der Waals surface area contributed by atoms with Crippen molar-refractivity contribution >= 4 is 11.8 Å². The molecule has 170 valence electrons. The molecule has 1 aromatic rings. The number of likely N-dealkylation sites (N-methyl/N-ethyl adjacent to an activating group) is 1. The molecular weight excluding hydrogens is 396 g/mol. The Hall–Kier alpha value is -2.12. The number of hydrogen-bond acceptors (Lipinski definition) is 5. The lowest BCUT2D eigenvalue weighted by atomic mass is 9.72. The minimum atomic E-state index is -0.920. The average Bonchev–Trinajstić information content (AvgIpc) is 2.71. The zero-order chi connectivity index (χ0) is 22.0. The Morgan fingerprint density at radius 3 is 2.52 bits per heavy atom. The maximum absolute atomic E-state index is 12.7. The first-order valence-corrected chi connectivity index (χ1v) is 11.5. The molecular formula is C24H34N2O5. The Bertz CT molecular complexity index is 801. The number of nitrogens with zero attached hydrogens (tertiary/aromatic N) is 2. The van der Waals surface area contributed by atoms with E-state index in [9.17, 15) is 19.8 Å². The van der Waals surface area contributed by atoms with Crippen LogP contribution in [0.15, 0.2) is 24.3 Å². The highest BCUT2D eigenvalue weighted by molar-refractivity contribution is 5.79. The van der Waals surface area contributed by atoms with Gasteiger partial charge in [0.2, 0.25) is 5.91 Å². The van der Waals surface area contributed by atoms with Gasteiger partial charge in [0.15, 0.2) is 6.61 Å². The standard InChI is InChI=1S/C24H34N2O5/c1-25-16-24(9-11-26(12-10-24)23(30)17-6-4-7-17)14-20(28)19(27)13-18-5-2-3-8-21(18)31-15-22(25)29/h2-3,5,8,17,19-20,27-28H,4,6-7,9-16H2,1H3/t19-,20+/m0/s1. The molecule has 1 aliphatic carbocycles. The monoisotopic (exact) mass is 430 g/mol. The van der Waals surface area contributed by atoms with Gasteiger partial charge in [-0.15, -0.1) is 0 Å². The van der Waals surface area contributed by atoms with Crippen LogP contribution in [0.3, 0.4) is 0 Å². The van der Waals surface area contributed by atoms with E-state index in [1.807, 2.05) is 23.1 Å². The van der Waals surface area contributed by atoms with E-state index in [0.29, 0.717) is 44.6 Å². The summed E-state index contributed by atoms with van der Waals surface area (Å²) in [5.74, 6) is 0.884. The van der Waals surface area contributed by atoms with Crippen LogP contribution in [0, 0.1) is 11.3 Å². The Morgan fingerprint density at radius 1 is 1.13 bits per heavy atom. The van der Waals surface area contributed by atoms with Gasteiger partial charge in [-0.1, -0.05) is 24.6 Å². The molecule has 2 atom stereocenters. The second kappa shape index (κ2) is 9.17. The zero-order valence-corrected chi connectivity index (χ0v) is 18.3. The summed E-state index contributed by atoms with van der Waals surface area (Å²) in [5, 5.41) is 21.6. The van der Waals surface area contributed by atoms with Crippen molar-refractivity contribution in [1.82, 2.24) is 9.80 Å². The lowest BCUT2D eigenvalue weighted by Crippen LogP contribution is -2.52. The van der Waals surface area contributed by atoms with Gasteiger partial charge in [0, 0.05) is 39.0 Å². The molecule has 1 saturated heterocycles. The van der Waals surface area contributed by atoms with Crippen molar-refractivity contribution in [2.24, 2.45) is 11.3 Å². The molecule has 7 nitrogen and oxygen atoms in total. The van der Waals surface area contributed by atoms with E-state index in [2.05, 4.69) is 0 Å². The van der Waals surface area contributed by atoms with E-state index in [-0.39, 0.29) is 36.2 Å². The predicted octanol–water partition coefficient (Wildman–Crippen LogP) is 1.60. The van der Waals surface area contributed by atoms with Crippen LogP contribution in [-0.2, 0) is 16.0 Å². The maximum Gasteiger partial charge on any atom is 0.260 e. The third-order valence-corrected chi connectivity index (χ3v) is 7.43.